The van der Waals surface area contributed by atoms with Crippen LogP contribution in [0.15, 0.2) is 35.8 Å². The number of nitrogens with zero attached hydrogens (tertiary/aromatic N) is 1. The molecule has 2 heterocycles. The van der Waals surface area contributed by atoms with Gasteiger partial charge in [-0.3, -0.25) is 0 Å². The van der Waals surface area contributed by atoms with Gasteiger partial charge in [0.2, 0.25) is 0 Å². The van der Waals surface area contributed by atoms with Crippen LogP contribution in [0, 0.1) is 5.92 Å². The maximum absolute atomic E-state index is 6.40. The number of hydrogen-bond donors (Lipinski definition) is 0. The number of piperidine rings is 1. The summed E-state index contributed by atoms with van der Waals surface area (Å²) < 4.78 is 17.6. The van der Waals surface area contributed by atoms with Crippen LogP contribution in [0.5, 0.6) is 11.5 Å². The third kappa shape index (κ3) is 1.41. The highest BCUT2D eigenvalue weighted by atomic mass is 16.5. The molecule has 5 rings (SSSR count). The molecule has 2 aliphatic carbocycles. The summed E-state index contributed by atoms with van der Waals surface area (Å²) in [5.74, 6) is 4.02. The highest BCUT2D eigenvalue weighted by Gasteiger charge is 2.61. The van der Waals surface area contributed by atoms with E-state index in [0.29, 0.717) is 12.0 Å². The van der Waals surface area contributed by atoms with Crippen LogP contribution in [0.3, 0.4) is 0 Å². The second-order valence-corrected chi connectivity index (χ2v) is 6.99. The van der Waals surface area contributed by atoms with Crippen molar-refractivity contribution in [2.24, 2.45) is 5.92 Å². The molecule has 0 N–H and O–H groups in total. The Morgan fingerprint density at radius 3 is 2.91 bits per heavy atom. The second kappa shape index (κ2) is 4.32. The minimum atomic E-state index is -0.0747. The molecule has 4 aliphatic rings. The van der Waals surface area contributed by atoms with Crippen molar-refractivity contribution in [1.29, 1.82) is 0 Å². The number of allylic oxidation sites excluding steroid dienone is 2. The molecule has 1 aromatic rings. The summed E-state index contributed by atoms with van der Waals surface area (Å²) in [5, 5.41) is 0. The first-order chi connectivity index (χ1) is 11.2. The number of hydrogen-bond acceptors (Lipinski definition) is 4. The van der Waals surface area contributed by atoms with Crippen molar-refractivity contribution in [3.05, 3.63) is 46.9 Å². The zero-order valence-corrected chi connectivity index (χ0v) is 13.8. The smallest absolute Gasteiger partial charge is 0.173 e. The fourth-order valence-electron chi connectivity index (χ4n) is 5.17. The summed E-state index contributed by atoms with van der Waals surface area (Å²) in [5.41, 5.74) is 2.67. The average Bonchev–Trinajstić information content (AvgIpc) is 2.92. The van der Waals surface area contributed by atoms with E-state index in [9.17, 15) is 0 Å². The summed E-state index contributed by atoms with van der Waals surface area (Å²) in [6.07, 6.45) is 6.56. The van der Waals surface area contributed by atoms with Gasteiger partial charge in [-0.15, -0.1) is 0 Å². The molecule has 2 aliphatic heterocycles. The fourth-order valence-corrected chi connectivity index (χ4v) is 5.17. The Morgan fingerprint density at radius 2 is 2.13 bits per heavy atom. The highest BCUT2D eigenvalue weighted by molar-refractivity contribution is 5.66. The summed E-state index contributed by atoms with van der Waals surface area (Å²) in [6.45, 7) is 1.08. The van der Waals surface area contributed by atoms with Crippen molar-refractivity contribution in [3.8, 4) is 11.5 Å². The summed E-state index contributed by atoms with van der Waals surface area (Å²) in [6, 6.07) is 4.78. The van der Waals surface area contributed by atoms with Gasteiger partial charge in [0.25, 0.3) is 0 Å². The van der Waals surface area contributed by atoms with E-state index >= 15 is 0 Å². The molecule has 0 amide bonds. The maximum Gasteiger partial charge on any atom is 0.173 e. The molecule has 1 spiro atoms. The first-order valence-corrected chi connectivity index (χ1v) is 8.26. The van der Waals surface area contributed by atoms with Crippen molar-refractivity contribution >= 4 is 0 Å². The minimum Gasteiger partial charge on any atom is -0.493 e. The number of benzene rings is 1. The highest BCUT2D eigenvalue weighted by Crippen LogP contribution is 2.63. The van der Waals surface area contributed by atoms with Gasteiger partial charge >= 0.3 is 0 Å². The molecule has 3 atom stereocenters. The zero-order chi connectivity index (χ0) is 15.8. The molecule has 1 aromatic carbocycles. The Kier molecular flexibility index (Phi) is 2.54. The van der Waals surface area contributed by atoms with Gasteiger partial charge < -0.3 is 19.1 Å². The van der Waals surface area contributed by atoms with Crippen LogP contribution in [0.25, 0.3) is 0 Å². The standard InChI is InChI=1S/C19H21NO3/c1-20-9-8-19-12-5-7-15(22-3)18(19)23-17-14(21-2)6-4-11(16(17)19)10-13(12)20/h4-7,12-13H,8-10H2,1-3H3/t12-,13+,19-/m0/s1. The van der Waals surface area contributed by atoms with Crippen LogP contribution in [-0.4, -0.2) is 38.8 Å². The predicted molar refractivity (Wildman–Crippen MR) is 86.7 cm³/mol. The van der Waals surface area contributed by atoms with Gasteiger partial charge in [0.15, 0.2) is 23.0 Å². The van der Waals surface area contributed by atoms with Crippen LogP contribution in [0.2, 0.25) is 0 Å². The number of rotatable bonds is 2. The molecular weight excluding hydrogens is 290 g/mol. The SMILES string of the molecule is COC1=C2Oc3c(OC)ccc4c3[C@@]23CCN(C)[C@H](C4)[C@@H]3C=C1. The Labute approximate surface area is 136 Å². The van der Waals surface area contributed by atoms with Crippen LogP contribution < -0.4 is 9.47 Å². The second-order valence-electron chi connectivity index (χ2n) is 6.99. The van der Waals surface area contributed by atoms with Crippen molar-refractivity contribution in [1.82, 2.24) is 4.90 Å². The molecule has 0 radical (unpaired) electrons. The van der Waals surface area contributed by atoms with Gasteiger partial charge in [0.05, 0.1) is 19.6 Å². The Hall–Kier alpha value is -1.94. The molecule has 4 heteroatoms. The van der Waals surface area contributed by atoms with Crippen LogP contribution in [0.4, 0.5) is 0 Å². The van der Waals surface area contributed by atoms with Crippen LogP contribution >= 0.6 is 0 Å². The minimum absolute atomic E-state index is 0.0747. The normalized spacial score (nSPS) is 33.3. The van der Waals surface area contributed by atoms with Crippen molar-refractivity contribution in [2.45, 2.75) is 24.3 Å². The lowest BCUT2D eigenvalue weighted by Gasteiger charge is -2.53. The lowest BCUT2D eigenvalue weighted by Crippen LogP contribution is -2.58. The Balaban J connectivity index is 1.85. The topological polar surface area (TPSA) is 30.9 Å². The van der Waals surface area contributed by atoms with Gasteiger partial charge in [0, 0.05) is 17.5 Å². The van der Waals surface area contributed by atoms with E-state index in [2.05, 4.69) is 30.2 Å². The first-order valence-electron chi connectivity index (χ1n) is 8.26. The van der Waals surface area contributed by atoms with Crippen molar-refractivity contribution in [2.75, 3.05) is 27.8 Å². The van der Waals surface area contributed by atoms with Gasteiger partial charge in [-0.25, -0.2) is 0 Å². The third-order valence-electron chi connectivity index (χ3n) is 6.22. The molecule has 2 bridgehead atoms. The average molecular weight is 311 g/mol. The molecule has 0 saturated carbocycles. The lowest BCUT2D eigenvalue weighted by atomic mass is 9.56. The number of likely N-dealkylation sites (N-methyl/N-ethyl adjacent to an activating group) is 1. The zero-order valence-electron chi connectivity index (χ0n) is 13.8. The van der Waals surface area contributed by atoms with Gasteiger partial charge in [0.1, 0.15) is 0 Å². The van der Waals surface area contributed by atoms with E-state index in [0.717, 1.165) is 42.4 Å². The summed E-state index contributed by atoms with van der Waals surface area (Å²) >= 11 is 0. The number of ether oxygens (including phenoxy) is 3. The lowest BCUT2D eigenvalue weighted by molar-refractivity contribution is 0.0613. The molecule has 1 saturated heterocycles. The Bertz CT molecular complexity index is 766. The van der Waals surface area contributed by atoms with Gasteiger partial charge in [-0.1, -0.05) is 12.1 Å². The first kappa shape index (κ1) is 13.5. The van der Waals surface area contributed by atoms with Gasteiger partial charge in [-0.2, -0.15) is 0 Å². The molecule has 1 fully saturated rings. The third-order valence-corrected chi connectivity index (χ3v) is 6.22. The number of likely N-dealkylation sites (tertiary alicyclic amines) is 1. The Morgan fingerprint density at radius 1 is 1.26 bits per heavy atom. The molecule has 4 nitrogen and oxygen atoms in total. The van der Waals surface area contributed by atoms with Crippen LogP contribution in [0.1, 0.15) is 17.5 Å². The molecule has 0 unspecified atom stereocenters. The van der Waals surface area contributed by atoms with E-state index in [4.69, 9.17) is 14.2 Å². The van der Waals surface area contributed by atoms with E-state index in [1.807, 2.05) is 6.07 Å². The van der Waals surface area contributed by atoms with E-state index in [1.54, 1.807) is 14.2 Å². The van der Waals surface area contributed by atoms with E-state index in [-0.39, 0.29) is 5.41 Å². The van der Waals surface area contributed by atoms with Crippen molar-refractivity contribution in [3.63, 3.8) is 0 Å². The van der Waals surface area contributed by atoms with Gasteiger partial charge in [-0.05, 0) is 44.1 Å². The van der Waals surface area contributed by atoms with E-state index in [1.165, 1.54) is 11.1 Å². The largest absolute Gasteiger partial charge is 0.493 e. The summed E-state index contributed by atoms with van der Waals surface area (Å²) in [7, 11) is 5.68. The molecule has 0 aromatic heterocycles. The molecular formula is C19H21NO3. The van der Waals surface area contributed by atoms with Crippen molar-refractivity contribution < 1.29 is 14.2 Å². The molecule has 120 valence electrons. The maximum atomic E-state index is 6.40. The predicted octanol–water partition coefficient (Wildman–Crippen LogP) is 2.63. The molecule has 23 heavy (non-hydrogen) atoms. The van der Waals surface area contributed by atoms with Crippen LogP contribution in [-0.2, 0) is 16.6 Å². The van der Waals surface area contributed by atoms with E-state index < -0.39 is 0 Å². The fraction of sp³-hybridized carbons (Fsp3) is 0.474. The quantitative estimate of drug-likeness (QED) is 0.840. The number of methoxy groups -OCH3 is 2. The monoisotopic (exact) mass is 311 g/mol. The summed E-state index contributed by atoms with van der Waals surface area (Å²) in [4.78, 5) is 2.50.